The van der Waals surface area contributed by atoms with Crippen molar-refractivity contribution in [2.45, 2.75) is 90.9 Å². The molecule has 0 heterocycles. The molecule has 3 heteroatoms. The summed E-state index contributed by atoms with van der Waals surface area (Å²) in [4.78, 5) is 0. The molecule has 0 saturated heterocycles. The molecule has 7 atom stereocenters. The highest BCUT2D eigenvalue weighted by molar-refractivity contribution is 5.65. The summed E-state index contributed by atoms with van der Waals surface area (Å²) in [7, 11) is 2.67. The van der Waals surface area contributed by atoms with Gasteiger partial charge >= 0.3 is 0 Å². The zero-order chi connectivity index (χ0) is 24.5. The number of rotatable bonds is 3. The number of allylic oxidation sites excluding steroid dienone is 1. The highest BCUT2D eigenvalue weighted by Gasteiger charge is 2.59. The Hall–Kier alpha value is -1.45. The largest absolute Gasteiger partial charge is 0.344 e. The van der Waals surface area contributed by atoms with E-state index in [0.717, 1.165) is 29.6 Å². The van der Waals surface area contributed by atoms with Crippen LogP contribution in [0.5, 0.6) is 0 Å². The van der Waals surface area contributed by atoms with Crippen LogP contribution in [-0.4, -0.2) is 19.2 Å². The molecule has 7 unspecified atom stereocenters. The van der Waals surface area contributed by atoms with Crippen molar-refractivity contribution in [3.63, 3.8) is 0 Å². The summed E-state index contributed by atoms with van der Waals surface area (Å²) < 4.78 is 10.8. The molecule has 2 nitrogen and oxygen atoms in total. The third-order valence-corrected chi connectivity index (χ3v) is 10.7. The zero-order valence-corrected chi connectivity index (χ0v) is 23.2. The number of hydrogen-bond donors (Lipinski definition) is 1. The number of halogens is 1. The average molecular weight is 483 g/mol. The SMILES string of the molecule is C=Cc1cc(C2CCC3C4CCC5CCCCC5(C)C4CCC23C)ccc1/C=C\C.CN(C)F.N. The molecule has 0 radical (unpaired) electrons. The average Bonchev–Trinajstić information content (AvgIpc) is 3.16. The lowest BCUT2D eigenvalue weighted by molar-refractivity contribution is -0.105. The maximum Gasteiger partial charge on any atom is 0.0173 e. The molecule has 35 heavy (non-hydrogen) atoms. The Balaban J connectivity index is 0.000000638. The first-order valence-electron chi connectivity index (χ1n) is 14.0. The maximum atomic E-state index is 10.8. The molecule has 0 bridgehead atoms. The summed E-state index contributed by atoms with van der Waals surface area (Å²) in [6.07, 6.45) is 21.3. The molecule has 4 aliphatic rings. The molecular formula is C32H51FN2. The van der Waals surface area contributed by atoms with Gasteiger partial charge in [0.25, 0.3) is 0 Å². The smallest absolute Gasteiger partial charge is 0.0173 e. The summed E-state index contributed by atoms with van der Waals surface area (Å²) in [5, 5.41) is 0.500. The van der Waals surface area contributed by atoms with Gasteiger partial charge in [-0.05, 0) is 115 Å². The number of fused-ring (bicyclic) bond motifs is 5. The van der Waals surface area contributed by atoms with E-state index in [2.05, 4.69) is 63.8 Å². The van der Waals surface area contributed by atoms with E-state index in [-0.39, 0.29) is 6.15 Å². The van der Waals surface area contributed by atoms with Gasteiger partial charge in [0.15, 0.2) is 0 Å². The van der Waals surface area contributed by atoms with E-state index in [1.165, 1.54) is 89.4 Å². The van der Waals surface area contributed by atoms with Gasteiger partial charge in [-0.2, -0.15) is 5.12 Å². The second-order valence-electron chi connectivity index (χ2n) is 12.5. The molecule has 0 amide bonds. The van der Waals surface area contributed by atoms with E-state index >= 15 is 0 Å². The minimum Gasteiger partial charge on any atom is -0.344 e. The lowest BCUT2D eigenvalue weighted by Gasteiger charge is -2.60. The summed E-state index contributed by atoms with van der Waals surface area (Å²) in [6.45, 7) is 11.6. The van der Waals surface area contributed by atoms with Crippen molar-refractivity contribution in [2.75, 3.05) is 14.1 Å². The van der Waals surface area contributed by atoms with Crippen LogP contribution in [0.2, 0.25) is 0 Å². The van der Waals surface area contributed by atoms with E-state index in [4.69, 9.17) is 0 Å². The second kappa shape index (κ2) is 11.3. The molecule has 196 valence electrons. The number of benzene rings is 1. The van der Waals surface area contributed by atoms with E-state index < -0.39 is 0 Å². The third kappa shape index (κ3) is 5.18. The predicted molar refractivity (Wildman–Crippen MR) is 150 cm³/mol. The molecule has 4 saturated carbocycles. The van der Waals surface area contributed by atoms with Crippen molar-refractivity contribution >= 4 is 12.2 Å². The van der Waals surface area contributed by atoms with E-state index in [9.17, 15) is 4.48 Å². The summed E-state index contributed by atoms with van der Waals surface area (Å²) in [5.74, 6) is 4.72. The van der Waals surface area contributed by atoms with Gasteiger partial charge in [-0.3, -0.25) is 0 Å². The highest BCUT2D eigenvalue weighted by atomic mass is 19.2. The van der Waals surface area contributed by atoms with Gasteiger partial charge in [-0.15, -0.1) is 4.48 Å². The third-order valence-electron chi connectivity index (χ3n) is 10.7. The van der Waals surface area contributed by atoms with Crippen molar-refractivity contribution in [3.05, 3.63) is 47.5 Å². The van der Waals surface area contributed by atoms with Crippen LogP contribution in [-0.2, 0) is 0 Å². The maximum absolute atomic E-state index is 10.8. The molecule has 1 aromatic carbocycles. The van der Waals surface area contributed by atoms with Crippen molar-refractivity contribution < 1.29 is 4.48 Å². The van der Waals surface area contributed by atoms with Crippen molar-refractivity contribution in [2.24, 2.45) is 34.5 Å². The van der Waals surface area contributed by atoms with Gasteiger partial charge in [-0.1, -0.05) is 69.7 Å². The fourth-order valence-corrected chi connectivity index (χ4v) is 9.16. The Morgan fingerprint density at radius 2 is 1.63 bits per heavy atom. The van der Waals surface area contributed by atoms with Crippen LogP contribution >= 0.6 is 0 Å². The molecule has 3 N–H and O–H groups in total. The Morgan fingerprint density at radius 3 is 2.31 bits per heavy atom. The zero-order valence-electron chi connectivity index (χ0n) is 23.2. The van der Waals surface area contributed by atoms with E-state index in [1.54, 1.807) is 5.56 Å². The Morgan fingerprint density at radius 1 is 0.914 bits per heavy atom. The van der Waals surface area contributed by atoms with Crippen molar-refractivity contribution in [3.8, 4) is 0 Å². The molecule has 0 spiro atoms. The van der Waals surface area contributed by atoms with Gasteiger partial charge in [-0.25, -0.2) is 0 Å². The minimum absolute atomic E-state index is 0. The fraction of sp³-hybridized carbons (Fsp3) is 0.688. The molecule has 4 aliphatic carbocycles. The Labute approximate surface area is 215 Å². The number of nitrogens with zero attached hydrogens (tertiary/aromatic N) is 1. The van der Waals surface area contributed by atoms with Crippen LogP contribution in [0.25, 0.3) is 12.2 Å². The molecule has 0 aromatic heterocycles. The quantitative estimate of drug-likeness (QED) is 0.436. The van der Waals surface area contributed by atoms with Crippen LogP contribution in [0.15, 0.2) is 30.9 Å². The Bertz CT molecular complexity index is 889. The first-order chi connectivity index (χ1) is 16.2. The fourth-order valence-electron chi connectivity index (χ4n) is 9.16. The van der Waals surface area contributed by atoms with Gasteiger partial charge < -0.3 is 6.15 Å². The topological polar surface area (TPSA) is 38.2 Å². The monoisotopic (exact) mass is 482 g/mol. The van der Waals surface area contributed by atoms with Crippen LogP contribution in [0.4, 0.5) is 4.48 Å². The van der Waals surface area contributed by atoms with E-state index in [0.29, 0.717) is 16.0 Å². The molecule has 0 aliphatic heterocycles. The first kappa shape index (κ1) is 28.1. The van der Waals surface area contributed by atoms with Crippen LogP contribution in [0, 0.1) is 34.5 Å². The standard InChI is InChI=1S/C30H42.C2H6FN.H3N/c1-5-9-22-11-12-23(20-21(22)6-2)26-15-16-27-25-14-13-24-10-7-8-18-29(24,3)28(25)17-19-30(26,27)4;1-4(2)3;/h5-6,9,11-12,20,24-28H,2,7-8,10,13-19H2,1,3-4H3;1-2H3;1H3/b9-5-;;. The van der Waals surface area contributed by atoms with Crippen molar-refractivity contribution in [1.82, 2.24) is 11.3 Å². The molecule has 4 fully saturated rings. The van der Waals surface area contributed by atoms with E-state index in [1.807, 2.05) is 0 Å². The Kier molecular flexibility index (Phi) is 9.08. The normalized spacial score (nSPS) is 38.0. The van der Waals surface area contributed by atoms with Gasteiger partial charge in [0.1, 0.15) is 0 Å². The molecule has 5 rings (SSSR count). The lowest BCUT2D eigenvalue weighted by Crippen LogP contribution is -2.52. The molecular weight excluding hydrogens is 431 g/mol. The predicted octanol–water partition coefficient (Wildman–Crippen LogP) is 9.47. The molecule has 1 aromatic rings. The van der Waals surface area contributed by atoms with Gasteiger partial charge in [0.2, 0.25) is 0 Å². The minimum atomic E-state index is 0. The summed E-state index contributed by atoms with van der Waals surface area (Å²) in [5.41, 5.74) is 5.36. The summed E-state index contributed by atoms with van der Waals surface area (Å²) in [6, 6.07) is 7.24. The van der Waals surface area contributed by atoms with Crippen molar-refractivity contribution in [1.29, 1.82) is 0 Å². The van der Waals surface area contributed by atoms with Gasteiger partial charge in [0.05, 0.1) is 0 Å². The summed E-state index contributed by atoms with van der Waals surface area (Å²) >= 11 is 0. The highest BCUT2D eigenvalue weighted by Crippen LogP contribution is 2.69. The lowest BCUT2D eigenvalue weighted by atomic mass is 9.44. The van der Waals surface area contributed by atoms with Crippen LogP contribution in [0.1, 0.15) is 108 Å². The van der Waals surface area contributed by atoms with Gasteiger partial charge in [0, 0.05) is 14.1 Å². The number of hydrogen-bond acceptors (Lipinski definition) is 2. The van der Waals surface area contributed by atoms with Crippen LogP contribution < -0.4 is 6.15 Å². The first-order valence-corrected chi connectivity index (χ1v) is 14.0. The second-order valence-corrected chi connectivity index (χ2v) is 12.5. The van der Waals surface area contributed by atoms with Crippen LogP contribution in [0.3, 0.4) is 0 Å².